The van der Waals surface area contributed by atoms with E-state index in [1.54, 1.807) is 11.1 Å². The van der Waals surface area contributed by atoms with Crippen molar-refractivity contribution in [2.75, 3.05) is 22.9 Å². The van der Waals surface area contributed by atoms with Gasteiger partial charge in [0.2, 0.25) is 0 Å². The van der Waals surface area contributed by atoms with E-state index in [2.05, 4.69) is 31.4 Å². The van der Waals surface area contributed by atoms with Crippen molar-refractivity contribution in [1.29, 1.82) is 0 Å². The Bertz CT molecular complexity index is 1570. The molecule has 9 nitrogen and oxygen atoms in total. The maximum Gasteiger partial charge on any atom is 0.416 e. The average Bonchev–Trinajstić information content (AvgIpc) is 3.73. The van der Waals surface area contributed by atoms with E-state index in [0.717, 1.165) is 39.5 Å². The molecule has 2 aromatic heterocycles. The van der Waals surface area contributed by atoms with Crippen LogP contribution < -0.4 is 15.5 Å². The Morgan fingerprint density at radius 1 is 1.00 bits per heavy atom. The van der Waals surface area contributed by atoms with Crippen LogP contribution in [0.2, 0.25) is 0 Å². The van der Waals surface area contributed by atoms with Crippen LogP contribution in [0.25, 0.3) is 0 Å². The number of hydrogen-bond donors (Lipinski definition) is 1. The molecule has 0 aliphatic carbocycles. The molecule has 0 amide bonds. The molecule has 1 atom stereocenters. The molecule has 0 unspecified atom stereocenters. The van der Waals surface area contributed by atoms with Gasteiger partial charge in [-0.1, -0.05) is 5.10 Å². The highest BCUT2D eigenvalue weighted by Gasteiger charge is 2.38. The summed E-state index contributed by atoms with van der Waals surface area (Å²) in [6.45, 7) is 2.16. The largest absolute Gasteiger partial charge is 0.416 e. The van der Waals surface area contributed by atoms with Crippen LogP contribution in [-0.4, -0.2) is 38.3 Å². The van der Waals surface area contributed by atoms with Crippen LogP contribution in [0.4, 0.5) is 38.0 Å². The summed E-state index contributed by atoms with van der Waals surface area (Å²) in [5.41, 5.74) is 6.46. The number of alkyl halides is 6. The minimum absolute atomic E-state index is 0.0745. The van der Waals surface area contributed by atoms with Gasteiger partial charge in [0.25, 0.3) is 5.95 Å². The third-order valence-electron chi connectivity index (χ3n) is 7.68. The summed E-state index contributed by atoms with van der Waals surface area (Å²) in [7, 11) is 0. The van der Waals surface area contributed by atoms with Gasteiger partial charge in [-0.15, -0.1) is 16.4 Å². The van der Waals surface area contributed by atoms with E-state index in [4.69, 9.17) is 10.5 Å². The number of tetrazole rings is 1. The van der Waals surface area contributed by atoms with Gasteiger partial charge in [0.15, 0.2) is 0 Å². The van der Waals surface area contributed by atoms with Crippen molar-refractivity contribution < 1.29 is 31.1 Å². The second kappa shape index (κ2) is 12.0. The number of rotatable bonds is 8. The molecule has 0 spiro atoms. The van der Waals surface area contributed by atoms with Crippen molar-refractivity contribution in [3.8, 4) is 0 Å². The van der Waals surface area contributed by atoms with Crippen LogP contribution in [0.1, 0.15) is 57.3 Å². The van der Waals surface area contributed by atoms with Crippen molar-refractivity contribution >= 4 is 23.0 Å². The van der Waals surface area contributed by atoms with Crippen LogP contribution in [0, 0.1) is 0 Å². The molecule has 0 fully saturated rings. The van der Waals surface area contributed by atoms with Crippen molar-refractivity contribution in [3.05, 3.63) is 80.3 Å². The number of hydrogen-bond acceptors (Lipinski definition) is 9. The Morgan fingerprint density at radius 3 is 2.39 bits per heavy atom. The smallest absolute Gasteiger partial charge is 0.372 e. The lowest BCUT2D eigenvalue weighted by Crippen LogP contribution is -2.30. The maximum absolute atomic E-state index is 13.8. The Kier molecular flexibility index (Phi) is 8.24. The molecule has 0 saturated heterocycles. The Hall–Kier alpha value is -3.76. The topological polar surface area (TPSA) is 98.2 Å². The van der Waals surface area contributed by atoms with Crippen molar-refractivity contribution in [1.82, 2.24) is 25.2 Å². The van der Waals surface area contributed by atoms with Crippen LogP contribution in [0.5, 0.6) is 0 Å². The van der Waals surface area contributed by atoms with Crippen molar-refractivity contribution in [3.63, 3.8) is 0 Å². The highest BCUT2D eigenvalue weighted by molar-refractivity contribution is 7.09. The molecule has 6 rings (SSSR count). The molecule has 4 aromatic rings. The number of fused-ring (bicyclic) bond motifs is 2. The Morgan fingerprint density at radius 2 is 1.73 bits per heavy atom. The first-order valence-corrected chi connectivity index (χ1v) is 14.8. The molecule has 0 saturated carbocycles. The molecule has 234 valence electrons. The molecule has 2 N–H and O–H groups in total. The van der Waals surface area contributed by atoms with E-state index in [1.165, 1.54) is 16.1 Å². The standard InChI is InChI=1S/C28H28F6N8OS/c29-27(30,31)20-8-17(9-21(12-20)28(32,33)34)13-41(26-37-39-42(38-26)6-3-35)23-2-1-5-40(14-25-36-4-7-44-25)24-11-19-16-43-15-18(19)10-22(23)24/h4,7-12,23H,1-3,5-6,13-16,35H2/t23-/m0/s1. The van der Waals surface area contributed by atoms with Crippen LogP contribution >= 0.6 is 11.3 Å². The predicted molar refractivity (Wildman–Crippen MR) is 150 cm³/mol. The van der Waals surface area contributed by atoms with Gasteiger partial charge in [-0.25, -0.2) is 4.98 Å². The molecule has 2 aliphatic rings. The number of aromatic nitrogens is 5. The highest BCUT2D eigenvalue weighted by atomic mass is 32.1. The number of anilines is 2. The van der Waals surface area contributed by atoms with Gasteiger partial charge in [-0.2, -0.15) is 31.1 Å². The number of nitrogens with two attached hydrogens (primary N) is 1. The molecule has 0 bridgehead atoms. The van der Waals surface area contributed by atoms with Crippen LogP contribution in [-0.2, 0) is 49.9 Å². The summed E-state index contributed by atoms with van der Waals surface area (Å²) in [4.78, 5) is 9.55. The first-order chi connectivity index (χ1) is 21.0. The zero-order chi connectivity index (χ0) is 31.1. The Balaban J connectivity index is 1.47. The number of thiazole rings is 1. The maximum atomic E-state index is 13.8. The summed E-state index contributed by atoms with van der Waals surface area (Å²) in [6.07, 6.45) is -7.02. The number of benzene rings is 2. The average molecular weight is 639 g/mol. The lowest BCUT2D eigenvalue weighted by atomic mass is 9.95. The van der Waals surface area contributed by atoms with Crippen molar-refractivity contribution in [2.45, 2.75) is 64.1 Å². The third kappa shape index (κ3) is 6.37. The van der Waals surface area contributed by atoms with E-state index in [9.17, 15) is 26.3 Å². The normalized spacial score (nSPS) is 17.0. The van der Waals surface area contributed by atoms with Crippen molar-refractivity contribution in [2.24, 2.45) is 5.73 Å². The lowest BCUT2D eigenvalue weighted by molar-refractivity contribution is -0.143. The van der Waals surface area contributed by atoms with Gasteiger partial charge in [-0.05, 0) is 70.6 Å². The van der Waals surface area contributed by atoms with Crippen LogP contribution in [0.3, 0.4) is 0 Å². The summed E-state index contributed by atoms with van der Waals surface area (Å²) in [5.74, 6) is 0.0745. The SMILES string of the molecule is NCCn1nnc(N(Cc2cc(C(F)(F)F)cc(C(F)(F)F)c2)[C@H]2CCCN(Cc3nccs3)c3cc4c(cc32)COC4)n1. The van der Waals surface area contributed by atoms with Gasteiger partial charge in [0.05, 0.1) is 43.5 Å². The molecule has 4 heterocycles. The zero-order valence-corrected chi connectivity index (χ0v) is 24.1. The third-order valence-corrected chi connectivity index (χ3v) is 8.45. The highest BCUT2D eigenvalue weighted by Crippen LogP contribution is 2.43. The van der Waals surface area contributed by atoms with E-state index < -0.39 is 29.5 Å². The minimum atomic E-state index is -4.98. The van der Waals surface area contributed by atoms with E-state index >= 15 is 0 Å². The molecule has 0 radical (unpaired) electrons. The Labute approximate surface area is 252 Å². The van der Waals surface area contributed by atoms with E-state index in [-0.39, 0.29) is 37.2 Å². The predicted octanol–water partition coefficient (Wildman–Crippen LogP) is 5.70. The molecular formula is C28H28F6N8OS. The summed E-state index contributed by atoms with van der Waals surface area (Å²) in [6, 6.07) is 5.20. The molecule has 2 aliphatic heterocycles. The first kappa shape index (κ1) is 30.3. The van der Waals surface area contributed by atoms with E-state index in [1.807, 2.05) is 11.4 Å². The summed E-state index contributed by atoms with van der Waals surface area (Å²) in [5, 5.41) is 15.4. The zero-order valence-electron chi connectivity index (χ0n) is 23.3. The molecular weight excluding hydrogens is 610 g/mol. The quantitative estimate of drug-likeness (QED) is 0.246. The summed E-state index contributed by atoms with van der Waals surface area (Å²) < 4.78 is 88.3. The van der Waals surface area contributed by atoms with Gasteiger partial charge < -0.3 is 20.3 Å². The second-order valence-electron chi connectivity index (χ2n) is 10.7. The van der Waals surface area contributed by atoms with Gasteiger partial charge in [-0.3, -0.25) is 0 Å². The van der Waals surface area contributed by atoms with Gasteiger partial charge >= 0.3 is 12.4 Å². The molecule has 44 heavy (non-hydrogen) atoms. The number of nitrogens with zero attached hydrogens (tertiary/aromatic N) is 7. The lowest BCUT2D eigenvalue weighted by Gasteiger charge is -2.33. The first-order valence-electron chi connectivity index (χ1n) is 13.9. The second-order valence-corrected chi connectivity index (χ2v) is 11.7. The summed E-state index contributed by atoms with van der Waals surface area (Å²) >= 11 is 1.53. The molecule has 2 aromatic carbocycles. The van der Waals surface area contributed by atoms with Gasteiger partial charge in [0, 0.05) is 36.9 Å². The number of halogens is 6. The monoisotopic (exact) mass is 638 g/mol. The van der Waals surface area contributed by atoms with Crippen LogP contribution in [0.15, 0.2) is 41.9 Å². The fourth-order valence-electron chi connectivity index (χ4n) is 5.70. The van der Waals surface area contributed by atoms with E-state index in [0.29, 0.717) is 39.1 Å². The fourth-order valence-corrected chi connectivity index (χ4v) is 6.33. The number of ether oxygens (including phenoxy) is 1. The molecule has 16 heteroatoms. The minimum Gasteiger partial charge on any atom is -0.372 e. The van der Waals surface area contributed by atoms with Gasteiger partial charge in [0.1, 0.15) is 5.01 Å². The fraction of sp³-hybridized carbons (Fsp3) is 0.429.